The Morgan fingerprint density at radius 1 is 1.25 bits per heavy atom. The van der Waals surface area contributed by atoms with Crippen LogP contribution >= 0.6 is 22.7 Å². The van der Waals surface area contributed by atoms with Gasteiger partial charge in [-0.1, -0.05) is 6.07 Å². The molecule has 0 N–H and O–H groups in total. The summed E-state index contributed by atoms with van der Waals surface area (Å²) in [4.78, 5) is 6.32. The van der Waals surface area contributed by atoms with Gasteiger partial charge in [0.1, 0.15) is 11.5 Å². The number of furan rings is 1. The average Bonchev–Trinajstić information content (AvgIpc) is 3.20. The van der Waals surface area contributed by atoms with E-state index < -0.39 is 0 Å². The average molecular weight is 303 g/mol. The quantitative estimate of drug-likeness (QED) is 0.681. The van der Waals surface area contributed by atoms with Crippen LogP contribution in [-0.2, 0) is 0 Å². The predicted molar refractivity (Wildman–Crippen MR) is 83.4 cm³/mol. The van der Waals surface area contributed by atoms with E-state index in [-0.39, 0.29) is 0 Å². The fraction of sp³-hybridized carbons (Fsp3) is 0.143. The number of aromatic nitrogens is 1. The van der Waals surface area contributed by atoms with Crippen LogP contribution < -0.4 is 4.80 Å². The SMILES string of the molecule is CN=c1scc(-c2cccs2)n1/N=C(/C)c1ccco1. The van der Waals surface area contributed by atoms with Crippen molar-refractivity contribution >= 4 is 28.4 Å². The minimum atomic E-state index is 0.767. The van der Waals surface area contributed by atoms with Crippen molar-refractivity contribution in [2.45, 2.75) is 6.92 Å². The van der Waals surface area contributed by atoms with Gasteiger partial charge in [-0.15, -0.1) is 22.7 Å². The van der Waals surface area contributed by atoms with Gasteiger partial charge < -0.3 is 4.42 Å². The Morgan fingerprint density at radius 2 is 2.15 bits per heavy atom. The van der Waals surface area contributed by atoms with Crippen molar-refractivity contribution in [3.63, 3.8) is 0 Å². The van der Waals surface area contributed by atoms with Gasteiger partial charge in [0.25, 0.3) is 0 Å². The molecule has 0 radical (unpaired) electrons. The molecular formula is C14H13N3OS2. The highest BCUT2D eigenvalue weighted by atomic mass is 32.1. The number of rotatable bonds is 3. The zero-order valence-electron chi connectivity index (χ0n) is 11.1. The first-order valence-corrected chi connectivity index (χ1v) is 7.82. The van der Waals surface area contributed by atoms with E-state index in [0.29, 0.717) is 0 Å². The molecule has 0 aliphatic rings. The third-order valence-electron chi connectivity index (χ3n) is 2.78. The molecule has 20 heavy (non-hydrogen) atoms. The Kier molecular flexibility index (Phi) is 3.66. The van der Waals surface area contributed by atoms with E-state index >= 15 is 0 Å². The second-order valence-electron chi connectivity index (χ2n) is 4.08. The Bertz CT molecular complexity index is 777. The zero-order valence-corrected chi connectivity index (χ0v) is 12.7. The van der Waals surface area contributed by atoms with E-state index in [0.717, 1.165) is 22.0 Å². The van der Waals surface area contributed by atoms with E-state index in [9.17, 15) is 0 Å². The van der Waals surface area contributed by atoms with Gasteiger partial charge in [-0.3, -0.25) is 4.99 Å². The summed E-state index contributed by atoms with van der Waals surface area (Å²) < 4.78 is 7.25. The topological polar surface area (TPSA) is 42.8 Å². The summed E-state index contributed by atoms with van der Waals surface area (Å²) in [5, 5.41) is 8.79. The number of hydrogen-bond donors (Lipinski definition) is 0. The van der Waals surface area contributed by atoms with Gasteiger partial charge in [0.2, 0.25) is 4.80 Å². The van der Waals surface area contributed by atoms with Crippen LogP contribution in [0.25, 0.3) is 10.6 Å². The summed E-state index contributed by atoms with van der Waals surface area (Å²) in [6.45, 7) is 1.93. The zero-order chi connectivity index (χ0) is 13.9. The molecular weight excluding hydrogens is 290 g/mol. The molecule has 4 nitrogen and oxygen atoms in total. The highest BCUT2D eigenvalue weighted by molar-refractivity contribution is 7.14. The van der Waals surface area contributed by atoms with Crippen LogP contribution in [0.15, 0.2) is 55.8 Å². The molecule has 3 aromatic rings. The number of thiophene rings is 1. The fourth-order valence-electron chi connectivity index (χ4n) is 1.83. The highest BCUT2D eigenvalue weighted by Crippen LogP contribution is 2.25. The molecule has 6 heteroatoms. The lowest BCUT2D eigenvalue weighted by Crippen LogP contribution is -2.13. The van der Waals surface area contributed by atoms with Crippen molar-refractivity contribution in [2.24, 2.45) is 10.1 Å². The Labute approximate surface area is 124 Å². The molecule has 0 aromatic carbocycles. The molecule has 0 aliphatic carbocycles. The van der Waals surface area contributed by atoms with Crippen LogP contribution in [0.5, 0.6) is 0 Å². The van der Waals surface area contributed by atoms with Gasteiger partial charge in [-0.2, -0.15) is 5.10 Å². The van der Waals surface area contributed by atoms with E-state index in [4.69, 9.17) is 4.42 Å². The maximum Gasteiger partial charge on any atom is 0.205 e. The molecule has 0 aliphatic heterocycles. The Hall–Kier alpha value is -1.92. The van der Waals surface area contributed by atoms with Crippen LogP contribution in [0.4, 0.5) is 0 Å². The summed E-state index contributed by atoms with van der Waals surface area (Å²) >= 11 is 3.27. The molecule has 0 fully saturated rings. The minimum Gasteiger partial charge on any atom is -0.463 e. The molecule has 0 spiro atoms. The van der Waals surface area contributed by atoms with E-state index in [1.54, 1.807) is 36.0 Å². The second kappa shape index (κ2) is 5.60. The van der Waals surface area contributed by atoms with Crippen molar-refractivity contribution in [3.05, 3.63) is 51.9 Å². The first-order chi connectivity index (χ1) is 9.79. The lowest BCUT2D eigenvalue weighted by atomic mass is 10.3. The minimum absolute atomic E-state index is 0.767. The largest absolute Gasteiger partial charge is 0.463 e. The van der Waals surface area contributed by atoms with Crippen molar-refractivity contribution in [1.29, 1.82) is 0 Å². The molecule has 0 atom stereocenters. The monoisotopic (exact) mass is 303 g/mol. The molecule has 0 saturated carbocycles. The normalized spacial score (nSPS) is 13.1. The molecule has 3 rings (SSSR count). The standard InChI is InChI=1S/C14H13N3OS2/c1-10(12-5-3-7-18-12)16-17-11(9-20-14(17)15-2)13-6-4-8-19-13/h3-9H,1-2H3/b15-14?,16-10-. The molecule has 0 unspecified atom stereocenters. The van der Waals surface area contributed by atoms with Crippen LogP contribution in [0.3, 0.4) is 0 Å². The lowest BCUT2D eigenvalue weighted by Gasteiger charge is -2.02. The van der Waals surface area contributed by atoms with Crippen LogP contribution in [0.2, 0.25) is 0 Å². The Balaban J connectivity index is 2.13. The first kappa shape index (κ1) is 13.1. The lowest BCUT2D eigenvalue weighted by molar-refractivity contribution is 0.556. The predicted octanol–water partition coefficient (Wildman–Crippen LogP) is 3.67. The summed E-state index contributed by atoms with van der Waals surface area (Å²) in [5.74, 6) is 0.767. The second-order valence-corrected chi connectivity index (χ2v) is 5.86. The fourth-order valence-corrected chi connectivity index (χ4v) is 3.42. The third-order valence-corrected chi connectivity index (χ3v) is 4.58. The first-order valence-electron chi connectivity index (χ1n) is 6.06. The maximum absolute atomic E-state index is 5.38. The molecule has 0 saturated heterocycles. The van der Waals surface area contributed by atoms with E-state index in [1.807, 2.05) is 29.8 Å². The van der Waals surface area contributed by atoms with Crippen molar-refractivity contribution < 1.29 is 4.42 Å². The van der Waals surface area contributed by atoms with Crippen molar-refractivity contribution in [1.82, 2.24) is 4.68 Å². The molecule has 102 valence electrons. The van der Waals surface area contributed by atoms with Crippen LogP contribution in [-0.4, -0.2) is 17.4 Å². The van der Waals surface area contributed by atoms with E-state index in [2.05, 4.69) is 26.9 Å². The third kappa shape index (κ3) is 2.39. The molecule has 0 bridgehead atoms. The smallest absolute Gasteiger partial charge is 0.205 e. The van der Waals surface area contributed by atoms with Crippen molar-refractivity contribution in [3.8, 4) is 10.6 Å². The summed E-state index contributed by atoms with van der Waals surface area (Å²) in [7, 11) is 1.78. The summed E-state index contributed by atoms with van der Waals surface area (Å²) in [6.07, 6.45) is 1.65. The van der Waals surface area contributed by atoms with Gasteiger partial charge in [-0.25, -0.2) is 4.68 Å². The van der Waals surface area contributed by atoms with Gasteiger partial charge >= 0.3 is 0 Å². The molecule has 3 aromatic heterocycles. The number of nitrogens with zero attached hydrogens (tertiary/aromatic N) is 3. The molecule has 0 amide bonds. The van der Waals surface area contributed by atoms with Crippen LogP contribution in [0, 0.1) is 0 Å². The Morgan fingerprint density at radius 3 is 2.80 bits per heavy atom. The van der Waals surface area contributed by atoms with Gasteiger partial charge in [0.05, 0.1) is 16.8 Å². The van der Waals surface area contributed by atoms with Gasteiger partial charge in [0.15, 0.2) is 0 Å². The van der Waals surface area contributed by atoms with Gasteiger partial charge in [-0.05, 0) is 30.5 Å². The number of thiazole rings is 1. The maximum atomic E-state index is 5.38. The van der Waals surface area contributed by atoms with Gasteiger partial charge in [0, 0.05) is 12.4 Å². The molecule has 3 heterocycles. The van der Waals surface area contributed by atoms with Crippen LogP contribution in [0.1, 0.15) is 12.7 Å². The highest BCUT2D eigenvalue weighted by Gasteiger charge is 2.09. The van der Waals surface area contributed by atoms with Crippen molar-refractivity contribution in [2.75, 3.05) is 7.05 Å². The summed E-state index contributed by atoms with van der Waals surface area (Å²) in [5.41, 5.74) is 1.87. The summed E-state index contributed by atoms with van der Waals surface area (Å²) in [6, 6.07) is 7.88. The number of hydrogen-bond acceptors (Lipinski definition) is 5. The van der Waals surface area contributed by atoms with E-state index in [1.165, 1.54) is 4.88 Å².